The standard InChI is InChI=1S/C23H30N2O5S/c1-16(2)9-10-25-22-7-6-19(13-18(22)5-8-23(25)26)24-31(27,28)15-17-11-20(29-3)14-21(12-17)30-4/h6-7,11-14,16,24H,5,8-10,15H2,1-4H3. The first-order valence-corrected chi connectivity index (χ1v) is 12.0. The van der Waals surface area contributed by atoms with Crippen molar-refractivity contribution < 1.29 is 22.7 Å². The van der Waals surface area contributed by atoms with Gasteiger partial charge in [0.1, 0.15) is 11.5 Å². The Balaban J connectivity index is 1.78. The van der Waals surface area contributed by atoms with E-state index in [-0.39, 0.29) is 11.7 Å². The maximum atomic E-state index is 12.8. The summed E-state index contributed by atoms with van der Waals surface area (Å²) in [6.07, 6.45) is 1.96. The van der Waals surface area contributed by atoms with Crippen molar-refractivity contribution in [1.29, 1.82) is 0 Å². The van der Waals surface area contributed by atoms with Gasteiger partial charge in [0.15, 0.2) is 0 Å². The number of hydrogen-bond donors (Lipinski definition) is 1. The van der Waals surface area contributed by atoms with Crippen LogP contribution in [0.1, 0.15) is 37.8 Å². The van der Waals surface area contributed by atoms with Gasteiger partial charge in [0.25, 0.3) is 0 Å². The highest BCUT2D eigenvalue weighted by Gasteiger charge is 2.25. The lowest BCUT2D eigenvalue weighted by Gasteiger charge is -2.30. The number of methoxy groups -OCH3 is 2. The van der Waals surface area contributed by atoms with Gasteiger partial charge in [-0.15, -0.1) is 0 Å². The molecular weight excluding hydrogens is 416 g/mol. The van der Waals surface area contributed by atoms with Crippen LogP contribution in [0, 0.1) is 5.92 Å². The Morgan fingerprint density at radius 3 is 2.32 bits per heavy atom. The molecule has 0 saturated heterocycles. The molecule has 1 N–H and O–H groups in total. The van der Waals surface area contributed by atoms with Crippen LogP contribution in [0.15, 0.2) is 36.4 Å². The minimum atomic E-state index is -3.65. The molecule has 1 heterocycles. The molecule has 1 aliphatic heterocycles. The number of carbonyl (C=O) groups excluding carboxylic acids is 1. The summed E-state index contributed by atoms with van der Waals surface area (Å²) in [6, 6.07) is 10.4. The predicted molar refractivity (Wildman–Crippen MR) is 122 cm³/mol. The van der Waals surface area contributed by atoms with Crippen molar-refractivity contribution in [2.75, 3.05) is 30.4 Å². The van der Waals surface area contributed by atoms with Gasteiger partial charge in [-0.2, -0.15) is 0 Å². The highest BCUT2D eigenvalue weighted by Crippen LogP contribution is 2.31. The maximum Gasteiger partial charge on any atom is 0.236 e. The van der Waals surface area contributed by atoms with E-state index in [9.17, 15) is 13.2 Å². The fraction of sp³-hybridized carbons (Fsp3) is 0.435. The zero-order valence-electron chi connectivity index (χ0n) is 18.5. The van der Waals surface area contributed by atoms with Crippen LogP contribution in [-0.2, 0) is 27.0 Å². The molecule has 7 nitrogen and oxygen atoms in total. The number of nitrogens with zero attached hydrogens (tertiary/aromatic N) is 1. The number of ether oxygens (including phenoxy) is 2. The first kappa shape index (κ1) is 22.9. The van der Waals surface area contributed by atoms with Crippen LogP contribution >= 0.6 is 0 Å². The van der Waals surface area contributed by atoms with Gasteiger partial charge in [0.05, 0.1) is 20.0 Å². The van der Waals surface area contributed by atoms with Gasteiger partial charge in [-0.3, -0.25) is 9.52 Å². The minimum absolute atomic E-state index is 0.119. The molecule has 3 rings (SSSR count). The van der Waals surface area contributed by atoms with E-state index in [1.54, 1.807) is 24.3 Å². The molecule has 0 aromatic heterocycles. The van der Waals surface area contributed by atoms with Gasteiger partial charge in [-0.05, 0) is 60.2 Å². The monoisotopic (exact) mass is 446 g/mol. The summed E-state index contributed by atoms with van der Waals surface area (Å²) in [5.74, 6) is 1.47. The quantitative estimate of drug-likeness (QED) is 0.630. The van der Waals surface area contributed by atoms with Gasteiger partial charge < -0.3 is 14.4 Å². The molecule has 0 fully saturated rings. The molecule has 1 amide bonds. The molecular formula is C23H30N2O5S. The normalized spacial score (nSPS) is 13.8. The Kier molecular flexibility index (Phi) is 7.10. The van der Waals surface area contributed by atoms with Gasteiger partial charge >= 0.3 is 0 Å². The lowest BCUT2D eigenvalue weighted by molar-refractivity contribution is -0.118. The summed E-state index contributed by atoms with van der Waals surface area (Å²) >= 11 is 0. The average Bonchev–Trinajstić information content (AvgIpc) is 2.71. The Morgan fingerprint density at radius 1 is 1.03 bits per heavy atom. The van der Waals surface area contributed by atoms with Gasteiger partial charge in [-0.1, -0.05) is 13.8 Å². The molecule has 8 heteroatoms. The summed E-state index contributed by atoms with van der Waals surface area (Å²) in [5, 5.41) is 0. The van der Waals surface area contributed by atoms with Gasteiger partial charge in [-0.25, -0.2) is 8.42 Å². The Morgan fingerprint density at radius 2 is 1.71 bits per heavy atom. The second-order valence-corrected chi connectivity index (χ2v) is 9.88. The Labute approximate surface area is 184 Å². The second-order valence-electron chi connectivity index (χ2n) is 8.15. The van der Waals surface area contributed by atoms with Crippen LogP contribution in [0.3, 0.4) is 0 Å². The third-order valence-electron chi connectivity index (χ3n) is 5.25. The van der Waals surface area contributed by atoms with Crippen LogP contribution in [0.2, 0.25) is 0 Å². The van der Waals surface area contributed by atoms with Gasteiger partial charge in [0, 0.05) is 30.4 Å². The molecule has 31 heavy (non-hydrogen) atoms. The molecule has 2 aromatic rings. The van der Waals surface area contributed by atoms with Crippen molar-refractivity contribution in [2.45, 2.75) is 38.9 Å². The first-order valence-electron chi connectivity index (χ1n) is 10.4. The molecule has 168 valence electrons. The largest absolute Gasteiger partial charge is 0.497 e. The topological polar surface area (TPSA) is 84.9 Å². The highest BCUT2D eigenvalue weighted by molar-refractivity contribution is 7.91. The molecule has 0 radical (unpaired) electrons. The van der Waals surface area contributed by atoms with Crippen molar-refractivity contribution >= 4 is 27.3 Å². The van der Waals surface area contributed by atoms with E-state index >= 15 is 0 Å². The number of carbonyl (C=O) groups is 1. The number of sulfonamides is 1. The summed E-state index contributed by atoms with van der Waals surface area (Å²) < 4.78 is 38.6. The molecule has 2 aromatic carbocycles. The van der Waals surface area contributed by atoms with Crippen molar-refractivity contribution in [3.63, 3.8) is 0 Å². The molecule has 0 atom stereocenters. The minimum Gasteiger partial charge on any atom is -0.497 e. The number of nitrogens with one attached hydrogen (secondary N) is 1. The summed E-state index contributed by atoms with van der Waals surface area (Å²) in [4.78, 5) is 14.2. The van der Waals surface area contributed by atoms with E-state index in [1.165, 1.54) is 14.2 Å². The molecule has 0 unspecified atom stereocenters. The van der Waals surface area contributed by atoms with Crippen molar-refractivity contribution in [2.24, 2.45) is 5.92 Å². The van der Waals surface area contributed by atoms with E-state index in [0.717, 1.165) is 17.7 Å². The third-order valence-corrected chi connectivity index (χ3v) is 6.51. The first-order chi connectivity index (χ1) is 14.7. The Hall–Kier alpha value is -2.74. The number of rotatable bonds is 9. The summed E-state index contributed by atoms with van der Waals surface area (Å²) in [7, 11) is -0.609. The average molecular weight is 447 g/mol. The summed E-state index contributed by atoms with van der Waals surface area (Å²) in [6.45, 7) is 4.93. The smallest absolute Gasteiger partial charge is 0.236 e. The van der Waals surface area contributed by atoms with E-state index in [1.807, 2.05) is 17.0 Å². The number of amides is 1. The van der Waals surface area contributed by atoms with E-state index in [0.29, 0.717) is 48.1 Å². The van der Waals surface area contributed by atoms with E-state index in [2.05, 4.69) is 18.6 Å². The van der Waals surface area contributed by atoms with Crippen molar-refractivity contribution in [1.82, 2.24) is 0 Å². The number of hydrogen-bond acceptors (Lipinski definition) is 5. The molecule has 0 saturated carbocycles. The fourth-order valence-electron chi connectivity index (χ4n) is 3.64. The van der Waals surface area contributed by atoms with Crippen LogP contribution in [-0.4, -0.2) is 35.1 Å². The SMILES string of the molecule is COc1cc(CS(=O)(=O)Nc2ccc3c(c2)CCC(=O)N3CCC(C)C)cc(OC)c1. The fourth-order valence-corrected chi connectivity index (χ4v) is 4.80. The number of benzene rings is 2. The van der Waals surface area contributed by atoms with Crippen molar-refractivity contribution in [3.8, 4) is 11.5 Å². The predicted octanol–water partition coefficient (Wildman–Crippen LogP) is 3.97. The van der Waals surface area contributed by atoms with Crippen LogP contribution in [0.25, 0.3) is 0 Å². The molecule has 0 bridgehead atoms. The zero-order valence-corrected chi connectivity index (χ0v) is 19.3. The number of fused-ring (bicyclic) bond motifs is 1. The van der Waals surface area contributed by atoms with E-state index < -0.39 is 10.0 Å². The second kappa shape index (κ2) is 9.60. The number of aryl methyl sites for hydroxylation is 1. The van der Waals surface area contributed by atoms with Crippen LogP contribution in [0.5, 0.6) is 11.5 Å². The lowest BCUT2D eigenvalue weighted by Crippen LogP contribution is -2.36. The lowest BCUT2D eigenvalue weighted by atomic mass is 9.99. The number of anilines is 2. The van der Waals surface area contributed by atoms with Crippen LogP contribution in [0.4, 0.5) is 11.4 Å². The highest BCUT2D eigenvalue weighted by atomic mass is 32.2. The maximum absolute atomic E-state index is 12.8. The van der Waals surface area contributed by atoms with Crippen LogP contribution < -0.4 is 19.1 Å². The summed E-state index contributed by atoms with van der Waals surface area (Å²) in [5.41, 5.74) is 2.91. The molecule has 0 aliphatic carbocycles. The van der Waals surface area contributed by atoms with E-state index in [4.69, 9.17) is 9.47 Å². The zero-order chi connectivity index (χ0) is 22.6. The molecule has 1 aliphatic rings. The van der Waals surface area contributed by atoms with Gasteiger partial charge in [0.2, 0.25) is 15.9 Å². The Bertz CT molecular complexity index is 1030. The molecule has 0 spiro atoms. The van der Waals surface area contributed by atoms with Crippen molar-refractivity contribution in [3.05, 3.63) is 47.5 Å². The third kappa shape index (κ3) is 5.91.